The molecule has 0 spiro atoms. The molecule has 0 radical (unpaired) electrons. The van der Waals surface area contributed by atoms with E-state index in [1.54, 1.807) is 35.2 Å². The first-order valence-corrected chi connectivity index (χ1v) is 15.9. The Kier molecular flexibility index (Phi) is 9.85. The Morgan fingerprint density at radius 2 is 1.69 bits per heavy atom. The number of aryl methyl sites for hydroxylation is 1. The van der Waals surface area contributed by atoms with Gasteiger partial charge in [0.15, 0.2) is 0 Å². The van der Waals surface area contributed by atoms with E-state index in [-0.39, 0.29) is 35.5 Å². The lowest BCUT2D eigenvalue weighted by Gasteiger charge is -2.30. The second-order valence-corrected chi connectivity index (χ2v) is 13.3. The summed E-state index contributed by atoms with van der Waals surface area (Å²) in [5.41, 5.74) is 2.50. The van der Waals surface area contributed by atoms with Crippen molar-refractivity contribution in [1.29, 1.82) is 0 Å². The van der Waals surface area contributed by atoms with Gasteiger partial charge in [-0.3, -0.25) is 19.7 Å². The van der Waals surface area contributed by atoms with E-state index < -0.39 is 26.8 Å². The zero-order valence-electron chi connectivity index (χ0n) is 23.6. The topological polar surface area (TPSA) is 127 Å². The van der Waals surface area contributed by atoms with Crippen LogP contribution in [0.15, 0.2) is 87.5 Å². The van der Waals surface area contributed by atoms with Crippen molar-refractivity contribution < 1.29 is 22.9 Å². The molecule has 1 aliphatic rings. The van der Waals surface area contributed by atoms with Crippen molar-refractivity contribution in [3.8, 4) is 0 Å². The first-order valence-electron chi connectivity index (χ1n) is 13.6. The third-order valence-corrected chi connectivity index (χ3v) is 9.62. The van der Waals surface area contributed by atoms with E-state index in [2.05, 4.69) is 18.6 Å². The summed E-state index contributed by atoms with van der Waals surface area (Å²) < 4.78 is 27.3. The highest BCUT2D eigenvalue weighted by molar-refractivity contribution is 7.99. The second-order valence-electron chi connectivity index (χ2n) is 10.5. The monoisotopic (exact) mass is 607 g/mol. The number of hydrogen-bond donors (Lipinski definition) is 1. The number of amides is 2. The van der Waals surface area contributed by atoms with E-state index in [0.29, 0.717) is 23.3 Å². The molecule has 0 saturated carbocycles. The minimum atomic E-state index is -3.97. The number of likely N-dealkylation sites (tertiary alicyclic amines) is 1. The van der Waals surface area contributed by atoms with Gasteiger partial charge in [-0.1, -0.05) is 67.6 Å². The number of nitrogens with one attached hydrogen (secondary N) is 1. The van der Waals surface area contributed by atoms with E-state index in [1.165, 1.54) is 36.0 Å². The molecule has 1 fully saturated rings. The molecule has 3 aromatic rings. The lowest BCUT2D eigenvalue weighted by Crippen LogP contribution is -2.43. The summed E-state index contributed by atoms with van der Waals surface area (Å²) in [6.07, 6.45) is 3.55. The first-order chi connectivity index (χ1) is 19.9. The summed E-state index contributed by atoms with van der Waals surface area (Å²) in [5.74, 6) is -1.13. The van der Waals surface area contributed by atoms with Crippen molar-refractivity contribution in [2.45, 2.75) is 54.2 Å². The van der Waals surface area contributed by atoms with Crippen LogP contribution in [0.3, 0.4) is 0 Å². The van der Waals surface area contributed by atoms with Crippen LogP contribution in [0.1, 0.15) is 49.3 Å². The van der Waals surface area contributed by atoms with Gasteiger partial charge in [0.25, 0.3) is 15.7 Å². The molecule has 1 saturated heterocycles. The van der Waals surface area contributed by atoms with Gasteiger partial charge in [-0.15, -0.1) is 0 Å². The fourth-order valence-electron chi connectivity index (χ4n) is 4.66. The Balaban J connectivity index is 1.36. The van der Waals surface area contributed by atoms with Gasteiger partial charge in [-0.2, -0.15) is 0 Å². The van der Waals surface area contributed by atoms with Crippen LogP contribution in [0.25, 0.3) is 6.08 Å². The number of benzene rings is 3. The molecule has 4 rings (SSSR count). The fourth-order valence-corrected chi connectivity index (χ4v) is 6.89. The number of carbonyl (C=O) groups is 2. The summed E-state index contributed by atoms with van der Waals surface area (Å²) in [7, 11) is -3.97. The predicted octanol–water partition coefficient (Wildman–Crippen LogP) is 5.93. The van der Waals surface area contributed by atoms with Crippen LogP contribution in [-0.4, -0.2) is 43.1 Å². The van der Waals surface area contributed by atoms with E-state index in [4.69, 9.17) is 0 Å². The molecule has 3 aromatic carbocycles. The number of nitrogens with zero attached hydrogens (tertiary/aromatic N) is 2. The molecular weight excluding hydrogens is 574 g/mol. The molecule has 11 heteroatoms. The van der Waals surface area contributed by atoms with Gasteiger partial charge < -0.3 is 4.90 Å². The zero-order valence-corrected chi connectivity index (χ0v) is 25.3. The highest BCUT2D eigenvalue weighted by atomic mass is 32.2. The Hall–Kier alpha value is -3.96. The highest BCUT2D eigenvalue weighted by Crippen LogP contribution is 2.39. The number of rotatable bonds is 9. The number of nitro groups is 1. The van der Waals surface area contributed by atoms with Crippen LogP contribution in [0, 0.1) is 23.0 Å². The SMILES string of the molecule is Cc1ccc(S(=O)(=O)NC(=O)C2CCN(C(=O)C=Cc3ccc(Sc4ccccc4C(C)C)c([N+](=O)[O-])c3)CC2)cc1. The third kappa shape index (κ3) is 7.65. The van der Waals surface area contributed by atoms with E-state index in [9.17, 15) is 28.1 Å². The van der Waals surface area contributed by atoms with Gasteiger partial charge in [0.1, 0.15) is 0 Å². The lowest BCUT2D eigenvalue weighted by molar-refractivity contribution is -0.387. The highest BCUT2D eigenvalue weighted by Gasteiger charge is 2.29. The second kappa shape index (κ2) is 13.3. The quantitative estimate of drug-likeness (QED) is 0.181. The van der Waals surface area contributed by atoms with Crippen molar-refractivity contribution >= 4 is 45.4 Å². The summed E-state index contributed by atoms with van der Waals surface area (Å²) in [6.45, 7) is 6.57. The molecule has 1 aliphatic heterocycles. The summed E-state index contributed by atoms with van der Waals surface area (Å²) in [5, 5.41) is 11.9. The van der Waals surface area contributed by atoms with Crippen LogP contribution in [-0.2, 0) is 19.6 Å². The molecule has 0 bridgehead atoms. The Morgan fingerprint density at radius 3 is 2.33 bits per heavy atom. The zero-order chi connectivity index (χ0) is 30.4. The molecule has 2 amide bonds. The Labute approximate surface area is 250 Å². The standard InChI is InChI=1S/C31H33N3O6S2/c1-21(2)26-6-4-5-7-28(26)41-29-14-10-23(20-27(29)34(37)38)11-15-30(35)33-18-16-24(17-19-33)31(36)32-42(39,40)25-12-8-22(3)9-13-25/h4-15,20-21,24H,16-19H2,1-3H3,(H,32,36). The smallest absolute Gasteiger partial charge is 0.283 e. The molecular formula is C31H33N3O6S2. The fraction of sp³-hybridized carbons (Fsp3) is 0.290. The molecule has 42 heavy (non-hydrogen) atoms. The maximum atomic E-state index is 12.8. The van der Waals surface area contributed by atoms with Crippen molar-refractivity contribution in [3.05, 3.63) is 99.6 Å². The number of nitro benzene ring substituents is 1. The molecule has 0 unspecified atom stereocenters. The first kappa shape index (κ1) is 31.0. The van der Waals surface area contributed by atoms with Crippen LogP contribution >= 0.6 is 11.8 Å². The van der Waals surface area contributed by atoms with E-state index >= 15 is 0 Å². The number of hydrogen-bond acceptors (Lipinski definition) is 7. The molecule has 0 atom stereocenters. The van der Waals surface area contributed by atoms with Crippen molar-refractivity contribution in [2.24, 2.45) is 5.92 Å². The number of piperidine rings is 1. The minimum Gasteiger partial charge on any atom is -0.339 e. The van der Waals surface area contributed by atoms with E-state index in [1.807, 2.05) is 31.2 Å². The van der Waals surface area contributed by atoms with Gasteiger partial charge in [-0.25, -0.2) is 13.1 Å². The van der Waals surface area contributed by atoms with Crippen molar-refractivity contribution in [1.82, 2.24) is 9.62 Å². The average molecular weight is 608 g/mol. The molecule has 0 aliphatic carbocycles. The van der Waals surface area contributed by atoms with Crippen LogP contribution < -0.4 is 4.72 Å². The summed E-state index contributed by atoms with van der Waals surface area (Å²) in [4.78, 5) is 40.0. The van der Waals surface area contributed by atoms with E-state index in [0.717, 1.165) is 16.0 Å². The minimum absolute atomic E-state index is 0.0199. The molecule has 0 aromatic heterocycles. The number of sulfonamides is 1. The normalized spacial score (nSPS) is 14.3. The van der Waals surface area contributed by atoms with Crippen LogP contribution in [0.4, 0.5) is 5.69 Å². The van der Waals surface area contributed by atoms with Gasteiger partial charge in [0.05, 0.1) is 14.7 Å². The van der Waals surface area contributed by atoms with Crippen LogP contribution in [0.2, 0.25) is 0 Å². The lowest BCUT2D eigenvalue weighted by atomic mass is 9.96. The van der Waals surface area contributed by atoms with Crippen LogP contribution in [0.5, 0.6) is 0 Å². The summed E-state index contributed by atoms with van der Waals surface area (Å²) >= 11 is 1.35. The Bertz CT molecular complexity index is 1610. The van der Waals surface area contributed by atoms with Gasteiger partial charge >= 0.3 is 0 Å². The molecule has 9 nitrogen and oxygen atoms in total. The molecule has 220 valence electrons. The predicted molar refractivity (Wildman–Crippen MR) is 163 cm³/mol. The largest absolute Gasteiger partial charge is 0.339 e. The van der Waals surface area contributed by atoms with Crippen molar-refractivity contribution in [3.63, 3.8) is 0 Å². The number of carbonyl (C=O) groups excluding carboxylic acids is 2. The summed E-state index contributed by atoms with van der Waals surface area (Å²) in [6, 6.07) is 18.9. The van der Waals surface area contributed by atoms with Gasteiger partial charge in [0, 0.05) is 36.0 Å². The van der Waals surface area contributed by atoms with Crippen molar-refractivity contribution in [2.75, 3.05) is 13.1 Å². The average Bonchev–Trinajstić information content (AvgIpc) is 2.96. The molecule has 1 heterocycles. The maximum absolute atomic E-state index is 12.8. The third-order valence-electron chi connectivity index (χ3n) is 7.10. The van der Waals surface area contributed by atoms with Gasteiger partial charge in [-0.05, 0) is 67.2 Å². The maximum Gasteiger partial charge on any atom is 0.283 e. The Morgan fingerprint density at radius 1 is 1.02 bits per heavy atom. The van der Waals surface area contributed by atoms with Gasteiger partial charge in [0.2, 0.25) is 11.8 Å². The molecule has 1 N–H and O–H groups in total.